The van der Waals surface area contributed by atoms with Crippen LogP contribution in [0.1, 0.15) is 83.3 Å². The normalized spacial score (nSPS) is 17.3. The third kappa shape index (κ3) is 6.23. The molecule has 0 aliphatic carbocycles. The van der Waals surface area contributed by atoms with Gasteiger partial charge in [0.25, 0.3) is 0 Å². The summed E-state index contributed by atoms with van der Waals surface area (Å²) in [6.45, 7) is 10.8. The minimum absolute atomic E-state index is 0. The van der Waals surface area contributed by atoms with Crippen LogP contribution in [-0.2, 0) is 13.1 Å². The van der Waals surface area contributed by atoms with Crippen molar-refractivity contribution in [3.63, 3.8) is 0 Å². The number of unbranched alkanes of at least 4 members (excludes halogenated alkanes) is 3. The predicted octanol–water partition coefficient (Wildman–Crippen LogP) is 6.41. The minimum Gasteiger partial charge on any atom is -1.00 e. The van der Waals surface area contributed by atoms with Crippen LogP contribution in [0.3, 0.4) is 0 Å². The molecule has 43 heavy (non-hydrogen) atoms. The van der Waals surface area contributed by atoms with E-state index in [1.54, 1.807) is 41.7 Å². The fourth-order valence-electron chi connectivity index (χ4n) is 8.83. The molecule has 1 unspecified atom stereocenters. The summed E-state index contributed by atoms with van der Waals surface area (Å²) in [7, 11) is 6.96. The van der Waals surface area contributed by atoms with Gasteiger partial charge in [-0.05, 0) is 0 Å². The number of halogens is 1. The SMILES string of the molecule is CCC[CH2][Sn]([CH2]CCC)([CH2]CCC)[CH]1CCC[N+]12Cc1c(c3cc(OC)c(OC)cc3c3cc(OC)c(OC)cc13)C2.[Br-]. The van der Waals surface area contributed by atoms with Gasteiger partial charge in [0.1, 0.15) is 0 Å². The van der Waals surface area contributed by atoms with E-state index in [0.29, 0.717) is 0 Å². The molecule has 1 fully saturated rings. The van der Waals surface area contributed by atoms with E-state index in [-0.39, 0.29) is 17.0 Å². The van der Waals surface area contributed by atoms with Gasteiger partial charge < -0.3 is 17.0 Å². The Bertz CT molecular complexity index is 1310. The van der Waals surface area contributed by atoms with E-state index in [1.165, 1.54) is 95.1 Å². The van der Waals surface area contributed by atoms with Gasteiger partial charge >= 0.3 is 259 Å². The molecule has 0 amide bonds. The van der Waals surface area contributed by atoms with Gasteiger partial charge in [0.2, 0.25) is 0 Å². The van der Waals surface area contributed by atoms with E-state index in [0.717, 1.165) is 40.1 Å². The van der Waals surface area contributed by atoms with E-state index >= 15 is 0 Å². The third-order valence-corrected chi connectivity index (χ3v) is 28.8. The maximum Gasteiger partial charge on any atom is -1.00 e. The summed E-state index contributed by atoms with van der Waals surface area (Å²) in [5.74, 6) is 3.17. The van der Waals surface area contributed by atoms with Crippen LogP contribution in [0.25, 0.3) is 21.5 Å². The summed E-state index contributed by atoms with van der Waals surface area (Å²) in [6, 6.07) is 8.86. The average Bonchev–Trinajstić information content (AvgIpc) is 3.63. The Balaban J connectivity index is 0.00000423. The van der Waals surface area contributed by atoms with Gasteiger partial charge in [0, 0.05) is 0 Å². The van der Waals surface area contributed by atoms with Crippen LogP contribution in [0.4, 0.5) is 0 Å². The van der Waals surface area contributed by atoms with Gasteiger partial charge in [-0.2, -0.15) is 0 Å². The first-order valence-corrected chi connectivity index (χ1v) is 24.3. The maximum atomic E-state index is 5.86. The van der Waals surface area contributed by atoms with Crippen LogP contribution in [0.15, 0.2) is 24.3 Å². The molecule has 238 valence electrons. The maximum absolute atomic E-state index is 5.86. The molecule has 2 heterocycles. The zero-order valence-corrected chi connectivity index (χ0v) is 32.2. The van der Waals surface area contributed by atoms with Crippen molar-refractivity contribution in [2.75, 3.05) is 35.0 Å². The molecule has 0 bridgehead atoms. The molecular weight excluding hydrogens is 709 g/mol. The Morgan fingerprint density at radius 1 is 0.628 bits per heavy atom. The summed E-state index contributed by atoms with van der Waals surface area (Å²) < 4.78 is 30.3. The Hall–Kier alpha value is -1.38. The van der Waals surface area contributed by atoms with Gasteiger partial charge in [0.15, 0.2) is 0 Å². The summed E-state index contributed by atoms with van der Waals surface area (Å²) in [5, 5.41) is 5.07. The first-order chi connectivity index (χ1) is 20.4. The zero-order valence-electron chi connectivity index (χ0n) is 27.7. The molecule has 0 saturated carbocycles. The van der Waals surface area contributed by atoms with Crippen molar-refractivity contribution in [1.82, 2.24) is 0 Å². The Labute approximate surface area is 274 Å². The van der Waals surface area contributed by atoms with E-state index in [9.17, 15) is 0 Å². The van der Waals surface area contributed by atoms with Crippen molar-refractivity contribution in [1.29, 1.82) is 0 Å². The molecule has 3 aromatic carbocycles. The largest absolute Gasteiger partial charge is 1.00 e. The number of rotatable bonds is 14. The molecule has 2 aliphatic heterocycles. The van der Waals surface area contributed by atoms with E-state index < -0.39 is 18.4 Å². The van der Waals surface area contributed by atoms with Crippen molar-refractivity contribution >= 4 is 39.9 Å². The zero-order chi connectivity index (χ0) is 29.9. The van der Waals surface area contributed by atoms with Crippen LogP contribution in [0, 0.1) is 0 Å². The monoisotopic (exact) mass is 763 g/mol. The molecule has 0 N–H and O–H groups in total. The minimum atomic E-state index is -2.51. The number of benzene rings is 3. The number of ether oxygens (including phenoxy) is 4. The predicted molar refractivity (Wildman–Crippen MR) is 178 cm³/mol. The van der Waals surface area contributed by atoms with Crippen molar-refractivity contribution in [2.24, 2.45) is 0 Å². The van der Waals surface area contributed by atoms with Crippen molar-refractivity contribution < 1.29 is 40.4 Å². The van der Waals surface area contributed by atoms with Crippen LogP contribution in [-0.4, -0.2) is 61.9 Å². The van der Waals surface area contributed by atoms with Gasteiger partial charge in [-0.15, -0.1) is 0 Å². The smallest absolute Gasteiger partial charge is 1.00 e. The molecule has 5 rings (SSSR count). The quantitative estimate of drug-likeness (QED) is 0.108. The Morgan fingerprint density at radius 2 is 1.00 bits per heavy atom. The van der Waals surface area contributed by atoms with Crippen LogP contribution >= 0.6 is 0 Å². The number of fused-ring (bicyclic) bond motifs is 6. The van der Waals surface area contributed by atoms with Gasteiger partial charge in [-0.25, -0.2) is 0 Å². The summed E-state index contributed by atoms with van der Waals surface area (Å²) in [4.78, 5) is 0. The summed E-state index contributed by atoms with van der Waals surface area (Å²) in [6.07, 6.45) is 11.1. The topological polar surface area (TPSA) is 36.9 Å². The second-order valence-electron chi connectivity index (χ2n) is 13.1. The van der Waals surface area contributed by atoms with Crippen LogP contribution in [0.2, 0.25) is 13.3 Å². The van der Waals surface area contributed by atoms with Crippen molar-refractivity contribution in [3.8, 4) is 23.0 Å². The molecule has 0 radical (unpaired) electrons. The Morgan fingerprint density at radius 3 is 1.35 bits per heavy atom. The molecule has 2 aliphatic rings. The average molecular weight is 763 g/mol. The number of hydrogen-bond acceptors (Lipinski definition) is 4. The molecule has 1 atom stereocenters. The first-order valence-electron chi connectivity index (χ1n) is 16.6. The van der Waals surface area contributed by atoms with E-state index in [2.05, 4.69) is 45.0 Å². The summed E-state index contributed by atoms with van der Waals surface area (Å²) >= 11 is -2.51. The number of nitrogens with zero attached hydrogens (tertiary/aromatic N) is 1. The fraction of sp³-hybridized carbons (Fsp3) is 0.611. The number of methoxy groups -OCH3 is 4. The van der Waals surface area contributed by atoms with Crippen molar-refractivity contribution in [3.05, 3.63) is 35.4 Å². The van der Waals surface area contributed by atoms with Gasteiger partial charge in [-0.1, -0.05) is 0 Å². The molecule has 5 nitrogen and oxygen atoms in total. The third-order valence-electron chi connectivity index (χ3n) is 10.8. The van der Waals surface area contributed by atoms with E-state index in [1.807, 2.05) is 0 Å². The number of hydrogen-bond donors (Lipinski definition) is 0. The van der Waals surface area contributed by atoms with Gasteiger partial charge in [0.05, 0.1) is 0 Å². The molecule has 3 aromatic rings. The number of quaternary nitrogens is 1. The summed E-state index contributed by atoms with van der Waals surface area (Å²) in [5.41, 5.74) is 3.05. The molecule has 0 aromatic heterocycles. The molecule has 7 heteroatoms. The van der Waals surface area contributed by atoms with Gasteiger partial charge in [-0.3, -0.25) is 0 Å². The van der Waals surface area contributed by atoms with Crippen LogP contribution < -0.4 is 35.9 Å². The van der Waals surface area contributed by atoms with Crippen LogP contribution in [0.5, 0.6) is 23.0 Å². The molecular formula is C36H54BrNO4Sn. The first kappa shape index (κ1) is 34.5. The van der Waals surface area contributed by atoms with E-state index in [4.69, 9.17) is 18.9 Å². The molecule has 1 saturated heterocycles. The second-order valence-corrected chi connectivity index (χ2v) is 27.0. The molecule has 1 spiro atoms. The Kier molecular flexibility index (Phi) is 11.9. The second kappa shape index (κ2) is 14.8. The fourth-order valence-corrected chi connectivity index (χ4v) is 29.4. The van der Waals surface area contributed by atoms with Crippen molar-refractivity contribution in [2.45, 2.75) is 103 Å². The standard InChI is InChI=1S/C24H27NO4.3C4H9.BrH.Sn/c1-26-21-9-15-16-10-22(27-2)24(29-4)12-18(16)20-14-25(7-5-6-8-25)13-19(20)17(15)11-23(21)28-3;3*1-3-4-2;;/h7,9-12H,5-6,8,13-14H2,1-4H3;3*1,3-4H2,2H3;1H;/q+1;;;;;/p-1.